The fourth-order valence-corrected chi connectivity index (χ4v) is 3.15. The van der Waals surface area contributed by atoms with Gasteiger partial charge in [0.2, 0.25) is 5.91 Å². The zero-order valence-corrected chi connectivity index (χ0v) is 12.4. The van der Waals surface area contributed by atoms with Gasteiger partial charge in [-0.15, -0.1) is 0 Å². The Morgan fingerprint density at radius 1 is 1.32 bits per heavy atom. The topological polar surface area (TPSA) is 87.5 Å². The Labute approximate surface area is 128 Å². The van der Waals surface area contributed by atoms with Gasteiger partial charge in [0.1, 0.15) is 5.69 Å². The molecule has 0 spiro atoms. The van der Waals surface area contributed by atoms with Gasteiger partial charge in [-0.05, 0) is 31.7 Å². The number of amides is 1. The number of anilines is 2. The van der Waals surface area contributed by atoms with Crippen molar-refractivity contribution in [1.29, 1.82) is 0 Å². The van der Waals surface area contributed by atoms with E-state index in [1.165, 1.54) is 12.5 Å². The number of likely N-dealkylation sites (tertiary alicyclic amines) is 1. The molecule has 7 nitrogen and oxygen atoms in total. The first-order valence-corrected chi connectivity index (χ1v) is 7.72. The zero-order chi connectivity index (χ0) is 15.5. The summed E-state index contributed by atoms with van der Waals surface area (Å²) < 4.78 is 0. The van der Waals surface area contributed by atoms with Gasteiger partial charge >= 0.3 is 0 Å². The Balaban J connectivity index is 1.75. The van der Waals surface area contributed by atoms with Gasteiger partial charge in [0.05, 0.1) is 11.5 Å². The number of hydrogen-bond donors (Lipinski definition) is 2. The average Bonchev–Trinajstić information content (AvgIpc) is 3.01. The number of nitrogens with zero attached hydrogens (tertiary/aromatic N) is 2. The molecule has 118 valence electrons. The fourth-order valence-electron chi connectivity index (χ4n) is 3.15. The monoisotopic (exact) mass is 304 g/mol. The lowest BCUT2D eigenvalue weighted by molar-refractivity contribution is -0.384. The van der Waals surface area contributed by atoms with Gasteiger partial charge < -0.3 is 15.5 Å². The van der Waals surface area contributed by atoms with E-state index in [0.717, 1.165) is 50.1 Å². The summed E-state index contributed by atoms with van der Waals surface area (Å²) in [5.41, 5.74) is 2.34. The Morgan fingerprint density at radius 2 is 2.09 bits per heavy atom. The van der Waals surface area contributed by atoms with Crippen molar-refractivity contribution in [3.63, 3.8) is 0 Å². The van der Waals surface area contributed by atoms with Crippen LogP contribution < -0.4 is 10.6 Å². The van der Waals surface area contributed by atoms with Crippen LogP contribution in [0.2, 0.25) is 0 Å². The molecule has 0 atom stereocenters. The molecule has 1 fully saturated rings. The van der Waals surface area contributed by atoms with Crippen LogP contribution in [0.1, 0.15) is 24.8 Å². The van der Waals surface area contributed by atoms with E-state index in [-0.39, 0.29) is 18.1 Å². The van der Waals surface area contributed by atoms with E-state index in [9.17, 15) is 14.9 Å². The van der Waals surface area contributed by atoms with Crippen LogP contribution in [-0.4, -0.2) is 41.9 Å². The number of nitrogens with one attached hydrogen (secondary N) is 2. The Kier molecular flexibility index (Phi) is 4.13. The summed E-state index contributed by atoms with van der Waals surface area (Å²) in [6.07, 6.45) is 3.98. The third-order valence-electron chi connectivity index (χ3n) is 4.30. The summed E-state index contributed by atoms with van der Waals surface area (Å²) in [5.74, 6) is 0.0116. The first-order chi connectivity index (χ1) is 10.7. The molecule has 0 unspecified atom stereocenters. The highest BCUT2D eigenvalue weighted by Gasteiger charge is 2.25. The minimum atomic E-state index is -0.397. The summed E-state index contributed by atoms with van der Waals surface area (Å²) in [7, 11) is 0. The molecule has 3 rings (SSSR count). The van der Waals surface area contributed by atoms with Crippen molar-refractivity contribution in [2.75, 3.05) is 36.8 Å². The maximum absolute atomic E-state index is 12.2. The molecule has 1 aromatic rings. The third-order valence-corrected chi connectivity index (χ3v) is 4.30. The van der Waals surface area contributed by atoms with Crippen LogP contribution in [0, 0.1) is 10.1 Å². The van der Waals surface area contributed by atoms with Crippen LogP contribution in [-0.2, 0) is 11.2 Å². The van der Waals surface area contributed by atoms with Crippen molar-refractivity contribution in [3.05, 3.63) is 27.8 Å². The van der Waals surface area contributed by atoms with Crippen molar-refractivity contribution < 1.29 is 9.72 Å². The second-order valence-corrected chi connectivity index (χ2v) is 5.71. The first-order valence-electron chi connectivity index (χ1n) is 7.72. The second kappa shape index (κ2) is 6.21. The normalized spacial score (nSPS) is 16.8. The number of hydrogen-bond acceptors (Lipinski definition) is 5. The molecule has 0 aromatic heterocycles. The van der Waals surface area contributed by atoms with E-state index in [0.29, 0.717) is 5.69 Å². The Hall–Kier alpha value is -2.31. The van der Waals surface area contributed by atoms with E-state index >= 15 is 0 Å². The summed E-state index contributed by atoms with van der Waals surface area (Å²) in [4.78, 5) is 24.9. The molecule has 1 aromatic carbocycles. The zero-order valence-electron chi connectivity index (χ0n) is 12.4. The van der Waals surface area contributed by atoms with Crippen molar-refractivity contribution in [3.8, 4) is 0 Å². The van der Waals surface area contributed by atoms with E-state index in [1.807, 2.05) is 4.90 Å². The smallest absolute Gasteiger partial charge is 0.292 e. The summed E-state index contributed by atoms with van der Waals surface area (Å²) in [5, 5.41) is 17.4. The predicted molar refractivity (Wildman–Crippen MR) is 84.2 cm³/mol. The molecule has 1 saturated heterocycles. The molecule has 0 saturated carbocycles. The molecule has 2 N–H and O–H groups in total. The Bertz CT molecular complexity index is 597. The number of fused-ring (bicyclic) bond motifs is 1. The maximum Gasteiger partial charge on any atom is 0.292 e. The van der Waals surface area contributed by atoms with Gasteiger partial charge in [-0.3, -0.25) is 14.9 Å². The van der Waals surface area contributed by atoms with Crippen LogP contribution in [0.4, 0.5) is 17.1 Å². The molecule has 0 bridgehead atoms. The van der Waals surface area contributed by atoms with Crippen LogP contribution in [0.15, 0.2) is 12.1 Å². The number of benzene rings is 1. The summed E-state index contributed by atoms with van der Waals surface area (Å²) >= 11 is 0. The van der Waals surface area contributed by atoms with Crippen molar-refractivity contribution in [1.82, 2.24) is 4.90 Å². The number of carbonyl (C=O) groups is 1. The van der Waals surface area contributed by atoms with Crippen LogP contribution >= 0.6 is 0 Å². The second-order valence-electron chi connectivity index (χ2n) is 5.71. The number of piperidine rings is 1. The van der Waals surface area contributed by atoms with Crippen molar-refractivity contribution in [2.24, 2.45) is 0 Å². The standard InChI is InChI=1S/C15H20N4O3/c20-14(18-8-2-1-3-9-18)10-17-15-11-6-7-16-12(11)4-5-13(15)19(21)22/h4-5,16-17H,1-3,6-10H2. The molecule has 2 aliphatic heterocycles. The fraction of sp³-hybridized carbons (Fsp3) is 0.533. The van der Waals surface area contributed by atoms with Crippen molar-refractivity contribution >= 4 is 23.0 Å². The SMILES string of the molecule is O=C(CNc1c([N+](=O)[O-])ccc2c1CCN2)N1CCCCC1. The molecule has 0 radical (unpaired) electrons. The number of carbonyl (C=O) groups excluding carboxylic acids is 1. The van der Waals surface area contributed by atoms with E-state index < -0.39 is 4.92 Å². The lowest BCUT2D eigenvalue weighted by Crippen LogP contribution is -2.39. The molecule has 2 heterocycles. The molecule has 1 amide bonds. The van der Waals surface area contributed by atoms with Gasteiger partial charge in [0.25, 0.3) is 5.69 Å². The van der Waals surface area contributed by atoms with E-state index in [2.05, 4.69) is 10.6 Å². The molecule has 2 aliphatic rings. The molecule has 22 heavy (non-hydrogen) atoms. The molecular weight excluding hydrogens is 284 g/mol. The van der Waals surface area contributed by atoms with E-state index in [4.69, 9.17) is 0 Å². The van der Waals surface area contributed by atoms with Crippen molar-refractivity contribution in [2.45, 2.75) is 25.7 Å². The first kappa shape index (κ1) is 14.6. The van der Waals surface area contributed by atoms with Gasteiger partial charge in [-0.1, -0.05) is 0 Å². The van der Waals surface area contributed by atoms with Gasteiger partial charge in [0.15, 0.2) is 0 Å². The minimum Gasteiger partial charge on any atom is -0.384 e. The summed E-state index contributed by atoms with van der Waals surface area (Å²) in [6.45, 7) is 2.46. The van der Waals surface area contributed by atoms with Crippen LogP contribution in [0.25, 0.3) is 0 Å². The quantitative estimate of drug-likeness (QED) is 0.656. The molecule has 7 heteroatoms. The highest BCUT2D eigenvalue weighted by atomic mass is 16.6. The number of nitro groups is 1. The third kappa shape index (κ3) is 2.84. The van der Waals surface area contributed by atoms with E-state index in [1.54, 1.807) is 6.07 Å². The number of nitro benzene ring substituents is 1. The van der Waals surface area contributed by atoms with Gasteiger partial charge in [-0.25, -0.2) is 0 Å². The van der Waals surface area contributed by atoms with Gasteiger partial charge in [-0.2, -0.15) is 0 Å². The Morgan fingerprint density at radius 3 is 2.82 bits per heavy atom. The average molecular weight is 304 g/mol. The summed E-state index contributed by atoms with van der Waals surface area (Å²) in [6, 6.07) is 3.23. The van der Waals surface area contributed by atoms with Gasteiger partial charge in [0, 0.05) is 37.0 Å². The molecular formula is C15H20N4O3. The predicted octanol–water partition coefficient (Wildman–Crippen LogP) is 1.99. The minimum absolute atomic E-state index is 0.0116. The van der Waals surface area contributed by atoms with Crippen LogP contribution in [0.5, 0.6) is 0 Å². The largest absolute Gasteiger partial charge is 0.384 e. The maximum atomic E-state index is 12.2. The highest BCUT2D eigenvalue weighted by Crippen LogP contribution is 2.36. The lowest BCUT2D eigenvalue weighted by atomic mass is 10.1. The van der Waals surface area contributed by atoms with Crippen LogP contribution in [0.3, 0.4) is 0 Å². The highest BCUT2D eigenvalue weighted by molar-refractivity contribution is 5.84. The number of rotatable bonds is 4. The molecule has 0 aliphatic carbocycles. The lowest BCUT2D eigenvalue weighted by Gasteiger charge is -2.27.